The van der Waals surface area contributed by atoms with Crippen LogP contribution in [-0.2, 0) is 14.3 Å². The van der Waals surface area contributed by atoms with Gasteiger partial charge in [0.15, 0.2) is 0 Å². The van der Waals surface area contributed by atoms with Crippen molar-refractivity contribution in [3.05, 3.63) is 0 Å². The molecule has 1 N–H and O–H groups in total. The zero-order valence-electron chi connectivity index (χ0n) is 13.0. The van der Waals surface area contributed by atoms with Crippen LogP contribution in [0.2, 0.25) is 0 Å². The molecule has 3 atom stereocenters. The molecule has 5 nitrogen and oxygen atoms in total. The smallest absolute Gasteiger partial charge is 0.407 e. The average Bonchev–Trinajstić information content (AvgIpc) is 2.38. The fraction of sp³-hybridized carbons (Fsp3) is 0.867. The number of carbonyl (C=O) groups excluding carboxylic acids is 2. The summed E-state index contributed by atoms with van der Waals surface area (Å²) < 4.78 is 10.1. The second-order valence-electron chi connectivity index (χ2n) is 6.02. The molecule has 1 rings (SSSR count). The maximum absolute atomic E-state index is 11.8. The predicted molar refractivity (Wildman–Crippen MR) is 76.2 cm³/mol. The van der Waals surface area contributed by atoms with Crippen LogP contribution in [0.25, 0.3) is 0 Å². The summed E-state index contributed by atoms with van der Waals surface area (Å²) in [6.45, 7) is 6.79. The molecule has 5 heteroatoms. The maximum Gasteiger partial charge on any atom is 0.407 e. The molecule has 20 heavy (non-hydrogen) atoms. The number of ether oxygens (including phenoxy) is 2. The number of methoxy groups -OCH3 is 1. The number of nitrogens with one attached hydrogen (secondary N) is 1. The second-order valence-corrected chi connectivity index (χ2v) is 6.02. The molecular weight excluding hydrogens is 258 g/mol. The van der Waals surface area contributed by atoms with Gasteiger partial charge in [0, 0.05) is 6.54 Å². The molecule has 116 valence electrons. The van der Waals surface area contributed by atoms with Gasteiger partial charge in [-0.15, -0.1) is 0 Å². The Kier molecular flexibility index (Phi) is 6.82. The van der Waals surface area contributed by atoms with Gasteiger partial charge in [0.1, 0.15) is 6.10 Å². The van der Waals surface area contributed by atoms with Gasteiger partial charge in [-0.05, 0) is 30.6 Å². The fourth-order valence-corrected chi connectivity index (χ4v) is 2.80. The molecule has 1 amide bonds. The molecule has 0 spiro atoms. The van der Waals surface area contributed by atoms with E-state index in [4.69, 9.17) is 4.74 Å². The summed E-state index contributed by atoms with van der Waals surface area (Å²) in [6.07, 6.45) is 2.95. The van der Waals surface area contributed by atoms with Crippen molar-refractivity contribution < 1.29 is 19.1 Å². The van der Waals surface area contributed by atoms with Crippen molar-refractivity contribution in [2.24, 2.45) is 17.8 Å². The lowest BCUT2D eigenvalue weighted by atomic mass is 9.75. The number of hydrogen-bond acceptors (Lipinski definition) is 4. The Bertz CT molecular complexity index is 330. The molecule has 0 aromatic carbocycles. The molecule has 0 aliphatic heterocycles. The molecule has 1 aliphatic rings. The normalized spacial score (nSPS) is 26.1. The molecule has 0 unspecified atom stereocenters. The van der Waals surface area contributed by atoms with Crippen LogP contribution < -0.4 is 5.32 Å². The first-order valence-corrected chi connectivity index (χ1v) is 7.45. The summed E-state index contributed by atoms with van der Waals surface area (Å²) >= 11 is 0. The van der Waals surface area contributed by atoms with E-state index in [-0.39, 0.29) is 25.0 Å². The highest BCUT2D eigenvalue weighted by molar-refractivity contribution is 5.71. The van der Waals surface area contributed by atoms with Crippen molar-refractivity contribution in [1.82, 2.24) is 5.32 Å². The van der Waals surface area contributed by atoms with Gasteiger partial charge in [-0.25, -0.2) is 4.79 Å². The first-order valence-electron chi connectivity index (χ1n) is 7.45. The summed E-state index contributed by atoms with van der Waals surface area (Å²) in [5.74, 6) is 1.20. The first kappa shape index (κ1) is 16.8. The number of esters is 1. The molecule has 0 heterocycles. The van der Waals surface area contributed by atoms with E-state index >= 15 is 0 Å². The number of carbonyl (C=O) groups is 2. The van der Waals surface area contributed by atoms with Crippen molar-refractivity contribution in [2.75, 3.05) is 13.7 Å². The minimum absolute atomic E-state index is 0.0168. The Hall–Kier alpha value is -1.26. The number of alkyl carbamates (subject to hydrolysis) is 1. The molecule has 0 bridgehead atoms. The van der Waals surface area contributed by atoms with Crippen molar-refractivity contribution in [2.45, 2.75) is 52.6 Å². The summed E-state index contributed by atoms with van der Waals surface area (Å²) in [7, 11) is 1.33. The maximum atomic E-state index is 11.8. The highest BCUT2D eigenvalue weighted by Gasteiger charge is 2.33. The number of hydrogen-bond donors (Lipinski definition) is 1. The van der Waals surface area contributed by atoms with Crippen LogP contribution in [0.1, 0.15) is 46.5 Å². The van der Waals surface area contributed by atoms with Crippen molar-refractivity contribution in [3.63, 3.8) is 0 Å². The predicted octanol–water partition coefficient (Wildman–Crippen LogP) is 2.74. The van der Waals surface area contributed by atoms with E-state index in [0.717, 1.165) is 12.8 Å². The third kappa shape index (κ3) is 5.39. The SMILES string of the molecule is COC(=O)CCNC(=O)O[C@@H]1C[C@H](C)CC[C@H]1C(C)C. The van der Waals surface area contributed by atoms with E-state index < -0.39 is 6.09 Å². The van der Waals surface area contributed by atoms with E-state index in [0.29, 0.717) is 17.8 Å². The Morgan fingerprint density at radius 2 is 2.00 bits per heavy atom. The van der Waals surface area contributed by atoms with Crippen molar-refractivity contribution in [3.8, 4) is 0 Å². The highest BCUT2D eigenvalue weighted by Crippen LogP contribution is 2.35. The Morgan fingerprint density at radius 1 is 1.30 bits per heavy atom. The molecular formula is C15H27NO4. The highest BCUT2D eigenvalue weighted by atomic mass is 16.6. The minimum Gasteiger partial charge on any atom is -0.469 e. The van der Waals surface area contributed by atoms with Crippen LogP contribution in [0.15, 0.2) is 0 Å². The number of rotatable bonds is 5. The van der Waals surface area contributed by atoms with Gasteiger partial charge >= 0.3 is 12.1 Å². The van der Waals surface area contributed by atoms with Crippen LogP contribution in [0.3, 0.4) is 0 Å². The van der Waals surface area contributed by atoms with Crippen LogP contribution in [0, 0.1) is 17.8 Å². The number of amides is 1. The van der Waals surface area contributed by atoms with E-state index in [1.54, 1.807) is 0 Å². The van der Waals surface area contributed by atoms with Gasteiger partial charge in [-0.2, -0.15) is 0 Å². The fourth-order valence-electron chi connectivity index (χ4n) is 2.80. The van der Waals surface area contributed by atoms with Crippen LogP contribution in [0.5, 0.6) is 0 Å². The summed E-state index contributed by atoms with van der Waals surface area (Å²) in [5, 5.41) is 2.61. The molecule has 1 aliphatic carbocycles. The standard InChI is InChI=1S/C15H27NO4/c1-10(2)12-6-5-11(3)9-13(12)20-15(18)16-8-7-14(17)19-4/h10-13H,5-9H2,1-4H3,(H,16,18)/t11-,12+,13-/m1/s1. The second kappa shape index (κ2) is 8.12. The zero-order valence-corrected chi connectivity index (χ0v) is 13.0. The lowest BCUT2D eigenvalue weighted by Crippen LogP contribution is -2.39. The molecule has 0 saturated heterocycles. The third-order valence-corrected chi connectivity index (χ3v) is 4.05. The van der Waals surface area contributed by atoms with Crippen molar-refractivity contribution in [1.29, 1.82) is 0 Å². The van der Waals surface area contributed by atoms with Crippen LogP contribution in [0.4, 0.5) is 4.79 Å². The quantitative estimate of drug-likeness (QED) is 0.789. The zero-order chi connectivity index (χ0) is 15.1. The summed E-state index contributed by atoms with van der Waals surface area (Å²) in [6, 6.07) is 0. The van der Waals surface area contributed by atoms with E-state index in [1.807, 2.05) is 0 Å². The molecule has 0 aromatic rings. The summed E-state index contributed by atoms with van der Waals surface area (Å²) in [5.41, 5.74) is 0. The molecule has 1 fully saturated rings. The Labute approximate surface area is 121 Å². The molecule has 0 aromatic heterocycles. The van der Waals surface area contributed by atoms with Gasteiger partial charge in [-0.3, -0.25) is 4.79 Å². The molecule has 0 radical (unpaired) electrons. The van der Waals surface area contributed by atoms with E-state index in [9.17, 15) is 9.59 Å². The average molecular weight is 285 g/mol. The Morgan fingerprint density at radius 3 is 2.60 bits per heavy atom. The minimum atomic E-state index is -0.432. The Balaban J connectivity index is 2.39. The van der Waals surface area contributed by atoms with Gasteiger partial charge in [0.05, 0.1) is 13.5 Å². The third-order valence-electron chi connectivity index (χ3n) is 4.05. The van der Waals surface area contributed by atoms with E-state index in [1.165, 1.54) is 13.5 Å². The monoisotopic (exact) mass is 285 g/mol. The van der Waals surface area contributed by atoms with Crippen LogP contribution in [-0.4, -0.2) is 31.8 Å². The van der Waals surface area contributed by atoms with Gasteiger partial charge in [0.2, 0.25) is 0 Å². The molecule has 1 saturated carbocycles. The topological polar surface area (TPSA) is 64.6 Å². The van der Waals surface area contributed by atoms with Gasteiger partial charge < -0.3 is 14.8 Å². The van der Waals surface area contributed by atoms with Crippen molar-refractivity contribution >= 4 is 12.1 Å². The van der Waals surface area contributed by atoms with Crippen LogP contribution >= 0.6 is 0 Å². The lowest BCUT2D eigenvalue weighted by Gasteiger charge is -2.36. The first-order chi connectivity index (χ1) is 9.43. The van der Waals surface area contributed by atoms with Gasteiger partial charge in [-0.1, -0.05) is 27.2 Å². The lowest BCUT2D eigenvalue weighted by molar-refractivity contribution is -0.140. The largest absolute Gasteiger partial charge is 0.469 e. The van der Waals surface area contributed by atoms with Gasteiger partial charge in [0.25, 0.3) is 0 Å². The summed E-state index contributed by atoms with van der Waals surface area (Å²) in [4.78, 5) is 22.7. The van der Waals surface area contributed by atoms with E-state index in [2.05, 4.69) is 30.8 Å².